The number of aryl methyl sites for hydroxylation is 1. The minimum atomic E-state index is 0.922. The van der Waals surface area contributed by atoms with Gasteiger partial charge in [0.25, 0.3) is 0 Å². The number of fused-ring (bicyclic) bond motifs is 4. The summed E-state index contributed by atoms with van der Waals surface area (Å²) in [6, 6.07) is 64.1. The van der Waals surface area contributed by atoms with Crippen LogP contribution in [0.25, 0.3) is 83.0 Å². The van der Waals surface area contributed by atoms with Gasteiger partial charge in [-0.1, -0.05) is 140 Å². The maximum Gasteiger partial charge on any atom is 0.0613 e. The Labute approximate surface area is 280 Å². The summed E-state index contributed by atoms with van der Waals surface area (Å²) >= 11 is 0. The fourth-order valence-electron chi connectivity index (χ4n) is 7.60. The maximum absolute atomic E-state index is 2.51. The van der Waals surface area contributed by atoms with Crippen LogP contribution in [0.3, 0.4) is 0 Å². The normalized spacial score (nSPS) is 11.5. The number of rotatable bonds is 6. The highest BCUT2D eigenvalue weighted by Crippen LogP contribution is 2.46. The molecule has 9 rings (SSSR count). The van der Waals surface area contributed by atoms with Crippen LogP contribution in [0, 0.1) is 0 Å². The fraction of sp³-hybridized carbons (Fsp3) is 0.0435. The van der Waals surface area contributed by atoms with E-state index >= 15 is 0 Å². The number of hydrogen-bond acceptors (Lipinski definition) is 0. The largest absolute Gasteiger partial charge is 0.341 e. The van der Waals surface area contributed by atoms with Crippen molar-refractivity contribution < 1.29 is 0 Å². The van der Waals surface area contributed by atoms with E-state index in [1.165, 1.54) is 77.3 Å². The summed E-state index contributed by atoms with van der Waals surface area (Å²) in [5.74, 6) is 0. The zero-order valence-electron chi connectivity index (χ0n) is 26.8. The monoisotopic (exact) mass is 614 g/mol. The minimum absolute atomic E-state index is 0.922. The van der Waals surface area contributed by atoms with Crippen molar-refractivity contribution in [1.29, 1.82) is 0 Å². The lowest BCUT2D eigenvalue weighted by molar-refractivity contribution is 0.827. The molecule has 0 aliphatic heterocycles. The second kappa shape index (κ2) is 11.6. The van der Waals surface area contributed by atoms with E-state index in [0.717, 1.165) is 12.2 Å². The Morgan fingerprint density at radius 2 is 0.812 bits per heavy atom. The van der Waals surface area contributed by atoms with Crippen LogP contribution in [-0.2, 0) is 6.54 Å². The number of benzene rings is 7. The first-order valence-corrected chi connectivity index (χ1v) is 16.8. The second-order valence-electron chi connectivity index (χ2n) is 12.4. The standard InChI is InChI=1S/C46H34N2/c1-2-47-43-26-16-15-25-37(43)40-29-36(27-28-44(40)47)48-45(34-21-11-5-12-22-34)41-30-38(32-17-7-3-8-18-32)39(33-19-9-4-10-20-33)31-42(41)46(48)35-23-13-6-14-24-35/h3-31H,2H2,1H3. The molecule has 0 N–H and O–H groups in total. The van der Waals surface area contributed by atoms with Gasteiger partial charge < -0.3 is 9.13 Å². The summed E-state index contributed by atoms with van der Waals surface area (Å²) in [6.45, 7) is 3.15. The van der Waals surface area contributed by atoms with Crippen molar-refractivity contribution in [3.63, 3.8) is 0 Å². The Balaban J connectivity index is 1.46. The first-order chi connectivity index (χ1) is 23.8. The van der Waals surface area contributed by atoms with Gasteiger partial charge in [-0.25, -0.2) is 0 Å². The van der Waals surface area contributed by atoms with Crippen molar-refractivity contribution in [3.05, 3.63) is 176 Å². The van der Waals surface area contributed by atoms with Crippen LogP contribution in [0.5, 0.6) is 0 Å². The highest BCUT2D eigenvalue weighted by Gasteiger charge is 2.24. The van der Waals surface area contributed by atoms with Crippen molar-refractivity contribution in [3.8, 4) is 50.5 Å². The van der Waals surface area contributed by atoms with Gasteiger partial charge in [-0.15, -0.1) is 0 Å². The molecule has 0 radical (unpaired) electrons. The van der Waals surface area contributed by atoms with E-state index < -0.39 is 0 Å². The molecule has 0 amide bonds. The SMILES string of the molecule is CCn1c2ccccc2c2cc(-n3c(-c4ccccc4)c4cc(-c5ccccc5)c(-c5ccccc5)cc4c3-c3ccccc3)ccc21. The molecule has 0 saturated heterocycles. The molecule has 9 aromatic rings. The van der Waals surface area contributed by atoms with E-state index in [-0.39, 0.29) is 0 Å². The summed E-state index contributed by atoms with van der Waals surface area (Å²) in [7, 11) is 0. The summed E-state index contributed by atoms with van der Waals surface area (Å²) in [5, 5.41) is 5.02. The molecule has 228 valence electrons. The fourth-order valence-corrected chi connectivity index (χ4v) is 7.60. The van der Waals surface area contributed by atoms with Gasteiger partial charge in [0.1, 0.15) is 0 Å². The van der Waals surface area contributed by atoms with E-state index in [1.54, 1.807) is 0 Å². The minimum Gasteiger partial charge on any atom is -0.341 e. The molecule has 0 spiro atoms. The van der Waals surface area contributed by atoms with Crippen LogP contribution in [0.2, 0.25) is 0 Å². The Bertz CT molecular complexity index is 2440. The Morgan fingerprint density at radius 1 is 0.375 bits per heavy atom. The highest BCUT2D eigenvalue weighted by molar-refractivity contribution is 6.12. The van der Waals surface area contributed by atoms with Crippen molar-refractivity contribution in [2.75, 3.05) is 0 Å². The van der Waals surface area contributed by atoms with Crippen molar-refractivity contribution in [2.45, 2.75) is 13.5 Å². The molecule has 2 heteroatoms. The molecule has 0 unspecified atom stereocenters. The van der Waals surface area contributed by atoms with Gasteiger partial charge in [0.2, 0.25) is 0 Å². The van der Waals surface area contributed by atoms with E-state index in [9.17, 15) is 0 Å². The quantitative estimate of drug-likeness (QED) is 0.176. The van der Waals surface area contributed by atoms with Crippen molar-refractivity contribution in [1.82, 2.24) is 9.13 Å². The summed E-state index contributed by atoms with van der Waals surface area (Å²) in [5.41, 5.74) is 13.3. The Hall–Kier alpha value is -6.12. The van der Waals surface area contributed by atoms with Gasteiger partial charge in [-0.2, -0.15) is 0 Å². The zero-order chi connectivity index (χ0) is 32.0. The molecule has 2 aromatic heterocycles. The smallest absolute Gasteiger partial charge is 0.0613 e. The van der Waals surface area contributed by atoms with Gasteiger partial charge in [0.15, 0.2) is 0 Å². The molecule has 7 aromatic carbocycles. The van der Waals surface area contributed by atoms with E-state index in [0.29, 0.717) is 0 Å². The van der Waals surface area contributed by atoms with Crippen LogP contribution in [0.1, 0.15) is 6.92 Å². The molecule has 0 fully saturated rings. The third-order valence-electron chi connectivity index (χ3n) is 9.71. The third-order valence-corrected chi connectivity index (χ3v) is 9.71. The lowest BCUT2D eigenvalue weighted by atomic mass is 9.90. The molecule has 2 nitrogen and oxygen atoms in total. The van der Waals surface area contributed by atoms with Crippen LogP contribution >= 0.6 is 0 Å². The molecule has 48 heavy (non-hydrogen) atoms. The van der Waals surface area contributed by atoms with Crippen LogP contribution < -0.4 is 0 Å². The Morgan fingerprint density at radius 3 is 1.31 bits per heavy atom. The average molecular weight is 615 g/mol. The molecule has 0 bridgehead atoms. The Kier molecular flexibility index (Phi) is 6.80. The third kappa shape index (κ3) is 4.49. The average Bonchev–Trinajstić information content (AvgIpc) is 3.67. The molecular formula is C46H34N2. The number of aromatic nitrogens is 2. The molecule has 0 atom stereocenters. The molecule has 0 saturated carbocycles. The van der Waals surface area contributed by atoms with Gasteiger partial charge in [0.05, 0.1) is 11.4 Å². The topological polar surface area (TPSA) is 9.86 Å². The molecule has 0 aliphatic carbocycles. The van der Waals surface area contributed by atoms with Crippen LogP contribution in [0.15, 0.2) is 176 Å². The van der Waals surface area contributed by atoms with E-state index in [1.807, 2.05) is 0 Å². The number of para-hydroxylation sites is 1. The summed E-state index contributed by atoms with van der Waals surface area (Å²) in [4.78, 5) is 0. The first-order valence-electron chi connectivity index (χ1n) is 16.8. The first kappa shape index (κ1) is 28.1. The maximum atomic E-state index is 2.51. The van der Waals surface area contributed by atoms with Gasteiger partial charge >= 0.3 is 0 Å². The van der Waals surface area contributed by atoms with Crippen molar-refractivity contribution >= 4 is 32.6 Å². The van der Waals surface area contributed by atoms with E-state index in [2.05, 4.69) is 192 Å². The zero-order valence-corrected chi connectivity index (χ0v) is 26.8. The lowest BCUT2D eigenvalue weighted by Gasteiger charge is -2.15. The molecule has 2 heterocycles. The van der Waals surface area contributed by atoms with Gasteiger partial charge in [0, 0.05) is 44.8 Å². The van der Waals surface area contributed by atoms with Crippen LogP contribution in [0.4, 0.5) is 0 Å². The predicted molar refractivity (Wildman–Crippen MR) is 204 cm³/mol. The summed E-state index contributed by atoms with van der Waals surface area (Å²) in [6.07, 6.45) is 0. The van der Waals surface area contributed by atoms with Crippen molar-refractivity contribution in [2.24, 2.45) is 0 Å². The van der Waals surface area contributed by atoms with Gasteiger partial charge in [-0.05, 0) is 76.7 Å². The second-order valence-corrected chi connectivity index (χ2v) is 12.4. The molecular weight excluding hydrogens is 581 g/mol. The predicted octanol–water partition coefficient (Wildman–Crippen LogP) is 12.4. The van der Waals surface area contributed by atoms with E-state index in [4.69, 9.17) is 0 Å². The summed E-state index contributed by atoms with van der Waals surface area (Å²) < 4.78 is 4.94. The number of nitrogens with zero attached hydrogens (tertiary/aromatic N) is 2. The molecule has 0 aliphatic rings. The highest BCUT2D eigenvalue weighted by atomic mass is 15.0. The van der Waals surface area contributed by atoms with Crippen LogP contribution in [-0.4, -0.2) is 9.13 Å². The lowest BCUT2D eigenvalue weighted by Crippen LogP contribution is -2.00. The van der Waals surface area contributed by atoms with Gasteiger partial charge in [-0.3, -0.25) is 0 Å². The number of hydrogen-bond donors (Lipinski definition) is 0.